The van der Waals surface area contributed by atoms with E-state index in [0.29, 0.717) is 17.9 Å². The van der Waals surface area contributed by atoms with Crippen molar-refractivity contribution in [3.05, 3.63) is 36.4 Å². The molecule has 0 aromatic heterocycles. The Morgan fingerprint density at radius 3 is 2.52 bits per heavy atom. The second-order valence-corrected chi connectivity index (χ2v) is 5.51. The standard InChI is InChI=1S/C16H17NO4/c1-21-12-5-3-2-4-11(12)17-15(18)13-9-6-7-10(8-9)14(13)16(19)20/h2-7,9-10,13-14H,8H2,1H3,(H,17,18)(H,19,20)/p-1/t9-,10+,13-,14+/m1/s1. The number of para-hydroxylation sites is 2. The highest BCUT2D eigenvalue weighted by Gasteiger charge is 2.48. The molecule has 1 aromatic rings. The van der Waals surface area contributed by atoms with E-state index in [1.807, 2.05) is 12.2 Å². The minimum Gasteiger partial charge on any atom is -0.550 e. The highest BCUT2D eigenvalue weighted by Crippen LogP contribution is 2.48. The van der Waals surface area contributed by atoms with Crippen molar-refractivity contribution in [1.82, 2.24) is 0 Å². The molecule has 21 heavy (non-hydrogen) atoms. The van der Waals surface area contributed by atoms with Gasteiger partial charge < -0.3 is 20.0 Å². The quantitative estimate of drug-likeness (QED) is 0.831. The molecular weight excluding hydrogens is 270 g/mol. The van der Waals surface area contributed by atoms with Crippen LogP contribution in [0, 0.1) is 23.7 Å². The maximum absolute atomic E-state index is 12.5. The molecule has 1 aromatic carbocycles. The van der Waals surface area contributed by atoms with Gasteiger partial charge in [0.2, 0.25) is 5.91 Å². The van der Waals surface area contributed by atoms with Gasteiger partial charge in [0, 0.05) is 11.9 Å². The summed E-state index contributed by atoms with van der Waals surface area (Å²) in [4.78, 5) is 23.8. The van der Waals surface area contributed by atoms with Crippen LogP contribution >= 0.6 is 0 Å². The highest BCUT2D eigenvalue weighted by molar-refractivity contribution is 5.97. The monoisotopic (exact) mass is 286 g/mol. The lowest BCUT2D eigenvalue weighted by atomic mass is 9.82. The van der Waals surface area contributed by atoms with Crippen molar-refractivity contribution in [1.29, 1.82) is 0 Å². The zero-order valence-corrected chi connectivity index (χ0v) is 11.6. The molecule has 0 radical (unpaired) electrons. The summed E-state index contributed by atoms with van der Waals surface area (Å²) in [5.74, 6) is -2.31. The van der Waals surface area contributed by atoms with Crippen LogP contribution in [0.5, 0.6) is 5.75 Å². The lowest BCUT2D eigenvalue weighted by molar-refractivity contribution is -0.313. The zero-order chi connectivity index (χ0) is 15.0. The molecule has 110 valence electrons. The summed E-state index contributed by atoms with van der Waals surface area (Å²) in [6.45, 7) is 0. The summed E-state index contributed by atoms with van der Waals surface area (Å²) in [6.07, 6.45) is 4.54. The van der Waals surface area contributed by atoms with E-state index >= 15 is 0 Å². The van der Waals surface area contributed by atoms with E-state index < -0.39 is 17.8 Å². The largest absolute Gasteiger partial charge is 0.550 e. The van der Waals surface area contributed by atoms with E-state index in [1.54, 1.807) is 24.3 Å². The SMILES string of the molecule is COc1ccccc1NC(=O)[C@H]1[C@@H](C(=O)[O-])[C@H]2C=C[C@@H]1C2. The van der Waals surface area contributed by atoms with E-state index in [1.165, 1.54) is 7.11 Å². The molecular formula is C16H16NO4-. The van der Waals surface area contributed by atoms with Gasteiger partial charge in [-0.25, -0.2) is 0 Å². The van der Waals surface area contributed by atoms with Crippen LogP contribution in [0.25, 0.3) is 0 Å². The molecule has 0 heterocycles. The first-order valence-electron chi connectivity index (χ1n) is 6.95. The Kier molecular flexibility index (Phi) is 3.41. The van der Waals surface area contributed by atoms with Crippen LogP contribution in [-0.2, 0) is 9.59 Å². The molecule has 1 saturated carbocycles. The van der Waals surface area contributed by atoms with Gasteiger partial charge in [-0.2, -0.15) is 0 Å². The molecule has 1 amide bonds. The van der Waals surface area contributed by atoms with Gasteiger partial charge in [-0.05, 0) is 30.4 Å². The lowest BCUT2D eigenvalue weighted by Gasteiger charge is -2.28. The Hall–Kier alpha value is -2.30. The highest BCUT2D eigenvalue weighted by atomic mass is 16.5. The van der Waals surface area contributed by atoms with Crippen molar-refractivity contribution in [3.63, 3.8) is 0 Å². The van der Waals surface area contributed by atoms with Crippen molar-refractivity contribution in [2.45, 2.75) is 6.42 Å². The molecule has 1 N–H and O–H groups in total. The molecule has 1 fully saturated rings. The molecule has 2 aliphatic rings. The van der Waals surface area contributed by atoms with Crippen molar-refractivity contribution < 1.29 is 19.4 Å². The van der Waals surface area contributed by atoms with Crippen LogP contribution in [-0.4, -0.2) is 19.0 Å². The number of nitrogens with one attached hydrogen (secondary N) is 1. The molecule has 3 rings (SSSR count). The second-order valence-electron chi connectivity index (χ2n) is 5.51. The number of amides is 1. The van der Waals surface area contributed by atoms with Crippen LogP contribution in [0.4, 0.5) is 5.69 Å². The Bertz CT molecular complexity index is 610. The number of methoxy groups -OCH3 is 1. The average Bonchev–Trinajstić information content (AvgIpc) is 3.08. The molecule has 2 aliphatic carbocycles. The molecule has 0 spiro atoms. The first kappa shape index (κ1) is 13.7. The van der Waals surface area contributed by atoms with Crippen LogP contribution in [0.3, 0.4) is 0 Å². The number of fused-ring (bicyclic) bond motifs is 2. The van der Waals surface area contributed by atoms with Gasteiger partial charge in [-0.15, -0.1) is 0 Å². The van der Waals surface area contributed by atoms with Gasteiger partial charge in [0.25, 0.3) is 0 Å². The number of carbonyl (C=O) groups excluding carboxylic acids is 2. The number of ether oxygens (including phenoxy) is 1. The number of carboxylic acids is 1. The number of hydrogen-bond acceptors (Lipinski definition) is 4. The Labute approximate surface area is 122 Å². The van der Waals surface area contributed by atoms with E-state index in [-0.39, 0.29) is 17.7 Å². The fraction of sp³-hybridized carbons (Fsp3) is 0.375. The molecule has 0 unspecified atom stereocenters. The third kappa shape index (κ3) is 2.28. The van der Waals surface area contributed by atoms with Gasteiger partial charge in [0.05, 0.1) is 18.7 Å². The van der Waals surface area contributed by atoms with Crippen molar-refractivity contribution in [2.24, 2.45) is 23.7 Å². The van der Waals surface area contributed by atoms with Gasteiger partial charge in [-0.3, -0.25) is 4.79 Å². The lowest BCUT2D eigenvalue weighted by Crippen LogP contribution is -2.42. The topological polar surface area (TPSA) is 78.5 Å². The zero-order valence-electron chi connectivity index (χ0n) is 11.6. The Balaban J connectivity index is 1.82. The fourth-order valence-electron chi connectivity index (χ4n) is 3.46. The molecule has 2 bridgehead atoms. The van der Waals surface area contributed by atoms with Crippen LogP contribution in [0.15, 0.2) is 36.4 Å². The molecule has 0 aliphatic heterocycles. The Morgan fingerprint density at radius 1 is 1.19 bits per heavy atom. The summed E-state index contributed by atoms with van der Waals surface area (Å²) in [7, 11) is 1.52. The average molecular weight is 286 g/mol. The van der Waals surface area contributed by atoms with E-state index in [9.17, 15) is 14.7 Å². The Morgan fingerprint density at radius 2 is 1.86 bits per heavy atom. The molecule has 4 atom stereocenters. The maximum Gasteiger partial charge on any atom is 0.228 e. The fourth-order valence-corrected chi connectivity index (χ4v) is 3.46. The third-order valence-electron chi connectivity index (χ3n) is 4.40. The maximum atomic E-state index is 12.5. The first-order chi connectivity index (χ1) is 10.1. The summed E-state index contributed by atoms with van der Waals surface area (Å²) in [6, 6.07) is 7.06. The third-order valence-corrected chi connectivity index (χ3v) is 4.40. The normalized spacial score (nSPS) is 29.4. The van der Waals surface area contributed by atoms with Crippen molar-refractivity contribution in [3.8, 4) is 5.75 Å². The second kappa shape index (κ2) is 5.24. The minimum absolute atomic E-state index is 0.0207. The number of allylic oxidation sites excluding steroid dienone is 2. The number of rotatable bonds is 4. The van der Waals surface area contributed by atoms with Crippen molar-refractivity contribution >= 4 is 17.6 Å². The predicted octanol–water partition coefficient (Wildman–Crippen LogP) is 0.822. The minimum atomic E-state index is -1.15. The number of carbonyl (C=O) groups is 2. The number of carboxylic acid groups (broad SMARTS) is 1. The van der Waals surface area contributed by atoms with E-state index in [4.69, 9.17) is 4.74 Å². The predicted molar refractivity (Wildman–Crippen MR) is 74.3 cm³/mol. The van der Waals surface area contributed by atoms with Crippen molar-refractivity contribution in [2.75, 3.05) is 12.4 Å². The first-order valence-corrected chi connectivity index (χ1v) is 6.95. The summed E-state index contributed by atoms with van der Waals surface area (Å²) in [5.41, 5.74) is 0.550. The number of aliphatic carboxylic acids is 1. The molecule has 0 saturated heterocycles. The van der Waals surface area contributed by atoms with Crippen LogP contribution in [0.2, 0.25) is 0 Å². The molecule has 5 nitrogen and oxygen atoms in total. The van der Waals surface area contributed by atoms with Gasteiger partial charge in [0.1, 0.15) is 5.75 Å². The van der Waals surface area contributed by atoms with Crippen LogP contribution in [0.1, 0.15) is 6.42 Å². The van der Waals surface area contributed by atoms with Gasteiger partial charge in [0.15, 0.2) is 0 Å². The number of benzene rings is 1. The number of hydrogen-bond donors (Lipinski definition) is 1. The summed E-state index contributed by atoms with van der Waals surface area (Å²) >= 11 is 0. The van der Waals surface area contributed by atoms with Gasteiger partial charge >= 0.3 is 0 Å². The van der Waals surface area contributed by atoms with E-state index in [2.05, 4.69) is 5.32 Å². The summed E-state index contributed by atoms with van der Waals surface area (Å²) in [5, 5.41) is 14.1. The summed E-state index contributed by atoms with van der Waals surface area (Å²) < 4.78 is 5.19. The van der Waals surface area contributed by atoms with Gasteiger partial charge in [-0.1, -0.05) is 24.3 Å². The smallest absolute Gasteiger partial charge is 0.228 e. The molecule has 5 heteroatoms. The van der Waals surface area contributed by atoms with Crippen LogP contribution < -0.4 is 15.2 Å². The number of anilines is 1. The van der Waals surface area contributed by atoms with E-state index in [0.717, 1.165) is 0 Å².